The van der Waals surface area contributed by atoms with E-state index < -0.39 is 41.5 Å². The summed E-state index contributed by atoms with van der Waals surface area (Å²) in [6, 6.07) is 9.55. The number of amides is 3. The van der Waals surface area contributed by atoms with Gasteiger partial charge >= 0.3 is 6.18 Å². The van der Waals surface area contributed by atoms with Crippen molar-refractivity contribution in [3.8, 4) is 17.6 Å². The Morgan fingerprint density at radius 3 is 2.67 bits per heavy atom. The quantitative estimate of drug-likeness (QED) is 0.386. The zero-order valence-corrected chi connectivity index (χ0v) is 22.6. The molecule has 3 aromatic rings. The summed E-state index contributed by atoms with van der Waals surface area (Å²) in [5.41, 5.74) is 5.44. The molecule has 3 heterocycles. The minimum absolute atomic E-state index is 0.0275. The van der Waals surface area contributed by atoms with E-state index in [4.69, 9.17) is 15.7 Å². The third-order valence-electron chi connectivity index (χ3n) is 7.49. The van der Waals surface area contributed by atoms with E-state index in [1.165, 1.54) is 35.1 Å². The highest BCUT2D eigenvalue weighted by molar-refractivity contribution is 6.08. The lowest BCUT2D eigenvalue weighted by molar-refractivity contribution is -0.153. The molecule has 14 heteroatoms. The molecule has 0 saturated carbocycles. The fourth-order valence-electron chi connectivity index (χ4n) is 5.16. The number of nitrogens with zero attached hydrogens (tertiary/aromatic N) is 4. The van der Waals surface area contributed by atoms with Gasteiger partial charge in [-0.1, -0.05) is 6.07 Å². The van der Waals surface area contributed by atoms with Gasteiger partial charge in [0.25, 0.3) is 11.8 Å². The van der Waals surface area contributed by atoms with Crippen molar-refractivity contribution in [2.45, 2.75) is 44.8 Å². The van der Waals surface area contributed by atoms with Gasteiger partial charge in [-0.15, -0.1) is 0 Å². The molecule has 4 N–H and O–H groups in total. The third kappa shape index (κ3) is 5.25. The van der Waals surface area contributed by atoms with Gasteiger partial charge in [0.2, 0.25) is 5.91 Å². The van der Waals surface area contributed by atoms with Gasteiger partial charge in [0.05, 0.1) is 27.8 Å². The molecule has 2 aliphatic rings. The van der Waals surface area contributed by atoms with E-state index in [-0.39, 0.29) is 41.4 Å². The summed E-state index contributed by atoms with van der Waals surface area (Å²) < 4.78 is 44.0. The topological polar surface area (TPSA) is 165 Å². The van der Waals surface area contributed by atoms with Crippen LogP contribution in [0, 0.1) is 16.7 Å². The number of ether oxygens (including phenoxy) is 1. The van der Waals surface area contributed by atoms with Crippen LogP contribution in [0.25, 0.3) is 5.82 Å². The minimum Gasteiger partial charge on any atom is -0.484 e. The minimum atomic E-state index is -4.48. The molecule has 0 radical (unpaired) electrons. The second-order valence-electron chi connectivity index (χ2n) is 11.0. The van der Waals surface area contributed by atoms with Crippen LogP contribution in [0.3, 0.4) is 0 Å². The molecule has 1 spiro atoms. The van der Waals surface area contributed by atoms with E-state index in [0.717, 1.165) is 11.1 Å². The number of nitrogens with two attached hydrogens (primary N) is 1. The molecule has 5 rings (SSSR count). The Morgan fingerprint density at radius 2 is 2.02 bits per heavy atom. The number of carbonyl (C=O) groups is 3. The zero-order chi connectivity index (χ0) is 30.4. The summed E-state index contributed by atoms with van der Waals surface area (Å²) in [6.45, 7) is 1.61. The van der Waals surface area contributed by atoms with Gasteiger partial charge in [-0.25, -0.2) is 9.67 Å². The molecule has 42 heavy (non-hydrogen) atoms. The van der Waals surface area contributed by atoms with Crippen molar-refractivity contribution in [1.82, 2.24) is 25.4 Å². The first kappa shape index (κ1) is 28.6. The Hall–Kier alpha value is -4.93. The maximum absolute atomic E-state index is 13.7. The molecule has 1 aliphatic carbocycles. The predicted octanol–water partition coefficient (Wildman–Crippen LogP) is 2.45. The number of hydrogen-bond donors (Lipinski definition) is 3. The van der Waals surface area contributed by atoms with Crippen LogP contribution in [0.1, 0.15) is 63.5 Å². The van der Waals surface area contributed by atoms with Gasteiger partial charge in [-0.05, 0) is 62.1 Å². The summed E-state index contributed by atoms with van der Waals surface area (Å²) in [6.07, 6.45) is -2.05. The fraction of sp³-hybridized carbons (Fsp3) is 0.357. The zero-order valence-electron chi connectivity index (χ0n) is 22.6. The van der Waals surface area contributed by atoms with Crippen molar-refractivity contribution < 1.29 is 32.3 Å². The van der Waals surface area contributed by atoms with Crippen molar-refractivity contribution in [2.75, 3.05) is 13.2 Å². The molecule has 0 fully saturated rings. The van der Waals surface area contributed by atoms with Gasteiger partial charge < -0.3 is 21.1 Å². The van der Waals surface area contributed by atoms with Crippen molar-refractivity contribution in [1.29, 1.82) is 5.26 Å². The van der Waals surface area contributed by atoms with E-state index in [2.05, 4.69) is 20.7 Å². The molecule has 1 aromatic carbocycles. The highest BCUT2D eigenvalue weighted by atomic mass is 19.4. The number of benzene rings is 1. The monoisotopic (exact) mass is 581 g/mol. The number of alkyl halides is 3. The molecule has 1 atom stereocenters. The number of aryl methyl sites for hydroxylation is 1. The Labute approximate surface area is 237 Å². The van der Waals surface area contributed by atoms with Gasteiger partial charge in [0.15, 0.2) is 12.4 Å². The number of pyridine rings is 1. The van der Waals surface area contributed by atoms with Gasteiger partial charge in [-0.3, -0.25) is 14.4 Å². The first-order valence-electron chi connectivity index (χ1n) is 12.9. The van der Waals surface area contributed by atoms with Gasteiger partial charge in [0.1, 0.15) is 17.5 Å². The Morgan fingerprint density at radius 1 is 1.26 bits per heavy atom. The predicted molar refractivity (Wildman–Crippen MR) is 141 cm³/mol. The largest absolute Gasteiger partial charge is 0.484 e. The Kier molecular flexibility index (Phi) is 6.92. The van der Waals surface area contributed by atoms with Crippen LogP contribution in [-0.2, 0) is 23.2 Å². The van der Waals surface area contributed by atoms with E-state index in [9.17, 15) is 27.6 Å². The van der Waals surface area contributed by atoms with Crippen LogP contribution < -0.4 is 21.1 Å². The maximum Gasteiger partial charge on any atom is 0.422 e. The SMILES string of the molecule is CC(C)(CNC(=O)c1c2c(nn1-c1ccc(C#N)cn1)C[C@]1(CCc3cc(OCC(F)(F)F)ccc31)NC2=O)C(N)=O. The normalized spacial score (nSPS) is 17.7. The Balaban J connectivity index is 1.52. The highest BCUT2D eigenvalue weighted by Gasteiger charge is 2.47. The third-order valence-corrected chi connectivity index (χ3v) is 7.49. The first-order chi connectivity index (χ1) is 19.7. The number of aromatic nitrogens is 3. The molecule has 1 aliphatic heterocycles. The van der Waals surface area contributed by atoms with E-state index in [1.54, 1.807) is 19.9 Å². The summed E-state index contributed by atoms with van der Waals surface area (Å²) in [7, 11) is 0. The molecule has 0 bridgehead atoms. The average molecular weight is 582 g/mol. The molecule has 2 aromatic heterocycles. The van der Waals surface area contributed by atoms with E-state index in [1.807, 2.05) is 6.07 Å². The van der Waals surface area contributed by atoms with E-state index >= 15 is 0 Å². The summed E-state index contributed by atoms with van der Waals surface area (Å²) >= 11 is 0. The number of hydrogen-bond acceptors (Lipinski definition) is 7. The smallest absolute Gasteiger partial charge is 0.422 e. The maximum atomic E-state index is 13.7. The number of rotatable bonds is 7. The lowest BCUT2D eigenvalue weighted by Gasteiger charge is -2.35. The number of nitrogens with one attached hydrogen (secondary N) is 2. The lowest BCUT2D eigenvalue weighted by atomic mass is 9.82. The average Bonchev–Trinajstić information content (AvgIpc) is 3.49. The standard InChI is InChI=1S/C28H26F3N7O4/c1-26(2,25(33)41)13-35-24(40)22-21-19(37-38(22)20-6-3-15(11-32)12-34-20)10-27(36-23(21)39)8-7-16-9-17(4-5-18(16)27)42-14-28(29,30)31/h3-6,9,12H,7-8,10,13-14H2,1-2H3,(H2,33,41)(H,35,40)(H,36,39)/t27-/m0/s1. The first-order valence-corrected chi connectivity index (χ1v) is 12.9. The molecule has 11 nitrogen and oxygen atoms in total. The molecule has 0 unspecified atom stereocenters. The van der Waals surface area contributed by atoms with Crippen LogP contribution in [0.4, 0.5) is 13.2 Å². The van der Waals surface area contributed by atoms with Crippen molar-refractivity contribution in [3.05, 3.63) is 70.2 Å². The lowest BCUT2D eigenvalue weighted by Crippen LogP contribution is -2.50. The van der Waals surface area contributed by atoms with Crippen LogP contribution in [0.2, 0.25) is 0 Å². The molecular formula is C28H26F3N7O4. The molecular weight excluding hydrogens is 555 g/mol. The summed E-state index contributed by atoms with van der Waals surface area (Å²) in [5.74, 6) is -1.63. The van der Waals surface area contributed by atoms with Crippen molar-refractivity contribution >= 4 is 17.7 Å². The molecule has 3 amide bonds. The van der Waals surface area contributed by atoms with Crippen LogP contribution in [0.5, 0.6) is 5.75 Å². The molecule has 0 saturated heterocycles. The number of primary amides is 1. The fourth-order valence-corrected chi connectivity index (χ4v) is 5.16. The van der Waals surface area contributed by atoms with Crippen LogP contribution in [-0.4, -0.2) is 51.8 Å². The highest BCUT2D eigenvalue weighted by Crippen LogP contribution is 2.44. The number of fused-ring (bicyclic) bond motifs is 3. The van der Waals surface area contributed by atoms with Crippen molar-refractivity contribution in [2.24, 2.45) is 11.1 Å². The van der Waals surface area contributed by atoms with Crippen LogP contribution >= 0.6 is 0 Å². The number of halogens is 3. The number of nitriles is 1. The number of carbonyl (C=O) groups excluding carboxylic acids is 3. The van der Waals surface area contributed by atoms with E-state index in [0.29, 0.717) is 18.5 Å². The van der Waals surface area contributed by atoms with Crippen LogP contribution in [0.15, 0.2) is 36.5 Å². The van der Waals surface area contributed by atoms with Crippen molar-refractivity contribution in [3.63, 3.8) is 0 Å². The second-order valence-corrected chi connectivity index (χ2v) is 11.0. The Bertz CT molecular complexity index is 1640. The summed E-state index contributed by atoms with van der Waals surface area (Å²) in [4.78, 5) is 43.2. The summed E-state index contributed by atoms with van der Waals surface area (Å²) in [5, 5.41) is 19.4. The second kappa shape index (κ2) is 10.2. The van der Waals surface area contributed by atoms with Gasteiger partial charge in [-0.2, -0.15) is 23.5 Å². The molecule has 218 valence electrons. The van der Waals surface area contributed by atoms with Gasteiger partial charge in [0, 0.05) is 19.2 Å².